The summed E-state index contributed by atoms with van der Waals surface area (Å²) in [6, 6.07) is 15.0. The van der Waals surface area contributed by atoms with Crippen LogP contribution in [0, 0.1) is 5.82 Å². The monoisotopic (exact) mass is 553 g/mol. The molecule has 0 aliphatic carbocycles. The van der Waals surface area contributed by atoms with E-state index in [0.29, 0.717) is 56.6 Å². The van der Waals surface area contributed by atoms with Crippen molar-refractivity contribution in [2.75, 3.05) is 26.2 Å². The van der Waals surface area contributed by atoms with Crippen molar-refractivity contribution in [1.29, 1.82) is 0 Å². The molecular weight excluding hydrogens is 521 g/mol. The van der Waals surface area contributed by atoms with Crippen molar-refractivity contribution in [3.63, 3.8) is 0 Å². The van der Waals surface area contributed by atoms with Crippen LogP contribution in [0.3, 0.4) is 0 Å². The van der Waals surface area contributed by atoms with E-state index in [-0.39, 0.29) is 10.7 Å². The first-order valence-electron chi connectivity index (χ1n) is 13.1. The van der Waals surface area contributed by atoms with Gasteiger partial charge in [0.05, 0.1) is 10.4 Å². The van der Waals surface area contributed by atoms with Gasteiger partial charge in [0, 0.05) is 44.8 Å². The standard InChI is InChI=1S/C28H32FN5O4S/c1-2-12-34-25-18-23(30-26(25)27(35)31-28(34)36)17-20-6-10-24(11-7-20)39(37,38)33-14-3-13-32(15-16-33)19-21-4-8-22(29)9-5-21/h4-11,18,30H,2-3,12-17,19H2,1H3,(H,31,35,36). The number of benzene rings is 2. The van der Waals surface area contributed by atoms with Gasteiger partial charge in [0.2, 0.25) is 10.0 Å². The number of rotatable bonds is 8. The number of aromatic nitrogens is 3. The molecule has 1 saturated heterocycles. The number of aromatic amines is 2. The topological polar surface area (TPSA) is 111 Å². The summed E-state index contributed by atoms with van der Waals surface area (Å²) in [4.78, 5) is 32.4. The SMILES string of the molecule is CCCn1c(=O)[nH]c(=O)c2[nH]c(Cc3ccc(S(=O)(=O)N4CCCN(Cc5ccc(F)cc5)CC4)cc3)cc21. The van der Waals surface area contributed by atoms with E-state index in [1.807, 2.05) is 6.92 Å². The Kier molecular flexibility index (Phi) is 7.83. The van der Waals surface area contributed by atoms with Crippen molar-refractivity contribution in [1.82, 2.24) is 23.7 Å². The lowest BCUT2D eigenvalue weighted by Gasteiger charge is -2.22. The highest BCUT2D eigenvalue weighted by Crippen LogP contribution is 2.21. The van der Waals surface area contributed by atoms with Gasteiger partial charge in [0.25, 0.3) is 5.56 Å². The normalized spacial score (nSPS) is 15.5. The van der Waals surface area contributed by atoms with Gasteiger partial charge in [0.15, 0.2) is 0 Å². The number of nitrogens with zero attached hydrogens (tertiary/aromatic N) is 3. The number of halogens is 1. The molecule has 0 amide bonds. The Bertz CT molecular complexity index is 1670. The molecule has 0 saturated carbocycles. The van der Waals surface area contributed by atoms with E-state index in [1.54, 1.807) is 47.0 Å². The Hall–Kier alpha value is -3.54. The largest absolute Gasteiger partial charge is 0.352 e. The Morgan fingerprint density at radius 2 is 1.62 bits per heavy atom. The van der Waals surface area contributed by atoms with E-state index in [0.717, 1.165) is 29.8 Å². The van der Waals surface area contributed by atoms with Gasteiger partial charge in [-0.05, 0) is 60.8 Å². The highest BCUT2D eigenvalue weighted by atomic mass is 32.2. The van der Waals surface area contributed by atoms with Crippen LogP contribution < -0.4 is 11.2 Å². The lowest BCUT2D eigenvalue weighted by Crippen LogP contribution is -2.35. The highest BCUT2D eigenvalue weighted by Gasteiger charge is 2.27. The third kappa shape index (κ3) is 5.90. The number of aryl methyl sites for hydroxylation is 1. The van der Waals surface area contributed by atoms with E-state index in [9.17, 15) is 22.4 Å². The summed E-state index contributed by atoms with van der Waals surface area (Å²) in [6.45, 7) is 5.29. The van der Waals surface area contributed by atoms with Gasteiger partial charge >= 0.3 is 5.69 Å². The highest BCUT2D eigenvalue weighted by molar-refractivity contribution is 7.89. The second-order valence-electron chi connectivity index (χ2n) is 9.95. The fourth-order valence-electron chi connectivity index (χ4n) is 5.10. The molecule has 1 aliphatic heterocycles. The van der Waals surface area contributed by atoms with Gasteiger partial charge in [-0.1, -0.05) is 31.2 Å². The molecule has 2 aromatic carbocycles. The van der Waals surface area contributed by atoms with Gasteiger partial charge in [-0.25, -0.2) is 17.6 Å². The molecule has 0 unspecified atom stereocenters. The maximum atomic E-state index is 13.4. The van der Waals surface area contributed by atoms with Crippen LogP contribution in [0.5, 0.6) is 0 Å². The number of hydrogen-bond donors (Lipinski definition) is 2. The van der Waals surface area contributed by atoms with Crippen LogP contribution in [0.15, 0.2) is 69.1 Å². The van der Waals surface area contributed by atoms with Crippen molar-refractivity contribution in [3.05, 3.63) is 98.1 Å². The number of hydrogen-bond acceptors (Lipinski definition) is 5. The first kappa shape index (κ1) is 27.0. The number of sulfonamides is 1. The van der Waals surface area contributed by atoms with Crippen LogP contribution in [0.1, 0.15) is 36.6 Å². The maximum absolute atomic E-state index is 13.4. The molecule has 9 nitrogen and oxygen atoms in total. The maximum Gasteiger partial charge on any atom is 0.328 e. The summed E-state index contributed by atoms with van der Waals surface area (Å²) in [5.74, 6) is -0.271. The Labute approximate surface area is 225 Å². The molecule has 2 N–H and O–H groups in total. The van der Waals surface area contributed by atoms with E-state index in [4.69, 9.17) is 0 Å². The number of fused-ring (bicyclic) bond motifs is 1. The van der Waals surface area contributed by atoms with Gasteiger partial charge in [-0.2, -0.15) is 4.31 Å². The average molecular weight is 554 g/mol. The van der Waals surface area contributed by atoms with Gasteiger partial charge in [-0.3, -0.25) is 19.2 Å². The molecule has 1 fully saturated rings. The van der Waals surface area contributed by atoms with E-state index < -0.39 is 21.3 Å². The molecule has 0 atom stereocenters. The molecular formula is C28H32FN5O4S. The van der Waals surface area contributed by atoms with Crippen LogP contribution >= 0.6 is 0 Å². The molecule has 2 aromatic heterocycles. The summed E-state index contributed by atoms with van der Waals surface area (Å²) in [5.41, 5.74) is 2.67. The summed E-state index contributed by atoms with van der Waals surface area (Å²) in [5, 5.41) is 0. The van der Waals surface area contributed by atoms with E-state index in [2.05, 4.69) is 14.9 Å². The molecule has 0 spiro atoms. The van der Waals surface area contributed by atoms with E-state index in [1.165, 1.54) is 16.4 Å². The fourth-order valence-corrected chi connectivity index (χ4v) is 6.57. The van der Waals surface area contributed by atoms with Crippen molar-refractivity contribution in [3.8, 4) is 0 Å². The van der Waals surface area contributed by atoms with E-state index >= 15 is 0 Å². The number of H-pyrrole nitrogens is 2. The molecule has 11 heteroatoms. The first-order chi connectivity index (χ1) is 18.7. The predicted octanol–water partition coefficient (Wildman–Crippen LogP) is 3.05. The van der Waals surface area contributed by atoms with Gasteiger partial charge in [0.1, 0.15) is 11.3 Å². The minimum atomic E-state index is -3.65. The number of nitrogens with one attached hydrogen (secondary N) is 2. The Morgan fingerprint density at radius 1 is 0.897 bits per heavy atom. The first-order valence-corrected chi connectivity index (χ1v) is 14.6. The zero-order chi connectivity index (χ0) is 27.6. The Balaban J connectivity index is 1.27. The van der Waals surface area contributed by atoms with Crippen LogP contribution in [-0.4, -0.2) is 58.3 Å². The summed E-state index contributed by atoms with van der Waals surface area (Å²) < 4.78 is 43.1. The summed E-state index contributed by atoms with van der Waals surface area (Å²) in [7, 11) is -3.65. The van der Waals surface area contributed by atoms with Crippen LogP contribution in [-0.2, 0) is 29.5 Å². The van der Waals surface area contributed by atoms with Crippen LogP contribution in [0.2, 0.25) is 0 Å². The minimum absolute atomic E-state index is 0.239. The van der Waals surface area contributed by atoms with Crippen molar-refractivity contribution in [2.24, 2.45) is 0 Å². The molecule has 0 bridgehead atoms. The lowest BCUT2D eigenvalue weighted by molar-refractivity contribution is 0.278. The second-order valence-corrected chi connectivity index (χ2v) is 11.9. The smallest absolute Gasteiger partial charge is 0.328 e. The molecule has 3 heterocycles. The molecule has 4 aromatic rings. The molecule has 1 aliphatic rings. The van der Waals surface area contributed by atoms with Crippen molar-refractivity contribution in [2.45, 2.75) is 44.2 Å². The quantitative estimate of drug-likeness (QED) is 0.349. The van der Waals surface area contributed by atoms with Crippen molar-refractivity contribution < 1.29 is 12.8 Å². The molecule has 206 valence electrons. The zero-order valence-electron chi connectivity index (χ0n) is 21.8. The third-order valence-electron chi connectivity index (χ3n) is 7.11. The predicted molar refractivity (Wildman–Crippen MR) is 148 cm³/mol. The summed E-state index contributed by atoms with van der Waals surface area (Å²) in [6.07, 6.45) is 1.92. The van der Waals surface area contributed by atoms with Gasteiger partial charge < -0.3 is 4.98 Å². The Morgan fingerprint density at radius 3 is 2.33 bits per heavy atom. The molecule has 5 rings (SSSR count). The lowest BCUT2D eigenvalue weighted by atomic mass is 10.1. The second kappa shape index (κ2) is 11.3. The molecule has 39 heavy (non-hydrogen) atoms. The van der Waals surface area contributed by atoms with Crippen LogP contribution in [0.4, 0.5) is 4.39 Å². The van der Waals surface area contributed by atoms with Crippen molar-refractivity contribution >= 4 is 21.1 Å². The third-order valence-corrected chi connectivity index (χ3v) is 9.02. The fraction of sp³-hybridized carbons (Fsp3) is 0.357. The van der Waals surface area contributed by atoms with Crippen LogP contribution in [0.25, 0.3) is 11.0 Å². The average Bonchev–Trinajstić information content (AvgIpc) is 3.18. The zero-order valence-corrected chi connectivity index (χ0v) is 22.6. The summed E-state index contributed by atoms with van der Waals surface area (Å²) >= 11 is 0. The minimum Gasteiger partial charge on any atom is -0.352 e. The molecule has 0 radical (unpaired) electrons. The van der Waals surface area contributed by atoms with Gasteiger partial charge in [-0.15, -0.1) is 0 Å².